The molecule has 0 radical (unpaired) electrons. The number of rotatable bonds is 12. The standard InChI is InChI=1S/C32H40ClN3O6/c33-26-13-7-10-24(18-26)22-42-32(40)35-28(19-23-8-3-1-4-9-23)31(39)34-27(21-37)14-15-30(38)36-16-17-41-29(20-36)25-11-5-2-6-12-25/h2,5-7,10-13,18,21,23,27-29H,1,3-4,8-9,14-17,19-20,22H2,(H,34,39)(H,35,40)/t27-,28-,29?/m0/s1. The summed E-state index contributed by atoms with van der Waals surface area (Å²) >= 11 is 6.01. The summed E-state index contributed by atoms with van der Waals surface area (Å²) in [5.74, 6) is -0.264. The van der Waals surface area contributed by atoms with Crippen LogP contribution in [0.1, 0.15) is 68.6 Å². The summed E-state index contributed by atoms with van der Waals surface area (Å²) in [6.07, 6.45) is 5.76. The molecule has 9 nitrogen and oxygen atoms in total. The van der Waals surface area contributed by atoms with Crippen LogP contribution in [0.2, 0.25) is 5.02 Å². The van der Waals surface area contributed by atoms with E-state index in [1.807, 2.05) is 30.3 Å². The Morgan fingerprint density at radius 2 is 1.83 bits per heavy atom. The van der Waals surface area contributed by atoms with Gasteiger partial charge in [0.2, 0.25) is 11.8 Å². The molecule has 4 rings (SSSR count). The van der Waals surface area contributed by atoms with Crippen LogP contribution in [0, 0.1) is 5.92 Å². The summed E-state index contributed by atoms with van der Waals surface area (Å²) < 4.78 is 11.2. The molecule has 0 spiro atoms. The summed E-state index contributed by atoms with van der Waals surface area (Å²) in [4.78, 5) is 52.6. The highest BCUT2D eigenvalue weighted by Gasteiger charge is 2.29. The van der Waals surface area contributed by atoms with Crippen molar-refractivity contribution in [2.24, 2.45) is 5.92 Å². The lowest BCUT2D eigenvalue weighted by Gasteiger charge is -2.33. The lowest BCUT2D eigenvalue weighted by Crippen LogP contribution is -2.51. The maximum Gasteiger partial charge on any atom is 0.408 e. The monoisotopic (exact) mass is 597 g/mol. The SMILES string of the molecule is O=C[C@H](CCC(=O)N1CCOC(c2ccccc2)C1)NC(=O)[C@H](CC1CCCCC1)NC(=O)OCc1cccc(Cl)c1. The topological polar surface area (TPSA) is 114 Å². The van der Waals surface area contributed by atoms with Crippen LogP contribution < -0.4 is 10.6 Å². The van der Waals surface area contributed by atoms with Crippen molar-refractivity contribution in [1.82, 2.24) is 15.5 Å². The smallest absolute Gasteiger partial charge is 0.408 e. The second-order valence-corrected chi connectivity index (χ2v) is 11.5. The van der Waals surface area contributed by atoms with Crippen LogP contribution in [0.25, 0.3) is 0 Å². The molecular formula is C32H40ClN3O6. The zero-order chi connectivity index (χ0) is 29.7. The van der Waals surface area contributed by atoms with E-state index in [1.54, 1.807) is 29.2 Å². The highest BCUT2D eigenvalue weighted by Crippen LogP contribution is 2.28. The van der Waals surface area contributed by atoms with Crippen molar-refractivity contribution in [3.63, 3.8) is 0 Å². The van der Waals surface area contributed by atoms with E-state index >= 15 is 0 Å². The molecule has 2 N–H and O–H groups in total. The predicted molar refractivity (Wildman–Crippen MR) is 159 cm³/mol. The highest BCUT2D eigenvalue weighted by molar-refractivity contribution is 6.30. The quantitative estimate of drug-likeness (QED) is 0.334. The maximum absolute atomic E-state index is 13.3. The molecule has 1 aliphatic carbocycles. The molecule has 1 aliphatic heterocycles. The number of carbonyl (C=O) groups excluding carboxylic acids is 4. The van der Waals surface area contributed by atoms with Gasteiger partial charge in [-0.3, -0.25) is 9.59 Å². The number of hydrogen-bond donors (Lipinski definition) is 2. The summed E-state index contributed by atoms with van der Waals surface area (Å²) in [6, 6.07) is 15.0. The van der Waals surface area contributed by atoms with Crippen molar-refractivity contribution >= 4 is 35.8 Å². The van der Waals surface area contributed by atoms with Crippen LogP contribution >= 0.6 is 11.6 Å². The molecule has 42 heavy (non-hydrogen) atoms. The number of nitrogens with one attached hydrogen (secondary N) is 2. The summed E-state index contributed by atoms with van der Waals surface area (Å²) in [5.41, 5.74) is 1.74. The minimum absolute atomic E-state index is 0.00983. The largest absolute Gasteiger partial charge is 0.445 e. The Morgan fingerprint density at radius 1 is 1.05 bits per heavy atom. The molecule has 0 bridgehead atoms. The fraction of sp³-hybridized carbons (Fsp3) is 0.500. The van der Waals surface area contributed by atoms with E-state index in [0.29, 0.717) is 37.4 Å². The lowest BCUT2D eigenvalue weighted by molar-refractivity contribution is -0.139. The first-order valence-electron chi connectivity index (χ1n) is 14.8. The zero-order valence-corrected chi connectivity index (χ0v) is 24.6. The Labute approximate surface area is 252 Å². The molecular weight excluding hydrogens is 558 g/mol. The molecule has 3 atom stereocenters. The Hall–Kier alpha value is -3.43. The molecule has 0 aromatic heterocycles. The first kappa shape index (κ1) is 31.5. The number of halogens is 1. The number of carbonyl (C=O) groups is 4. The number of nitrogens with zero attached hydrogens (tertiary/aromatic N) is 1. The van der Waals surface area contributed by atoms with Crippen LogP contribution in [0.4, 0.5) is 4.79 Å². The van der Waals surface area contributed by atoms with Crippen LogP contribution in [0.15, 0.2) is 54.6 Å². The van der Waals surface area contributed by atoms with E-state index in [1.165, 1.54) is 6.42 Å². The molecule has 1 heterocycles. The van der Waals surface area contributed by atoms with E-state index in [4.69, 9.17) is 21.1 Å². The number of amides is 3. The van der Waals surface area contributed by atoms with E-state index in [0.717, 1.165) is 36.8 Å². The van der Waals surface area contributed by atoms with Crippen molar-refractivity contribution < 1.29 is 28.7 Å². The molecule has 1 unspecified atom stereocenters. The fourth-order valence-electron chi connectivity index (χ4n) is 5.59. The Morgan fingerprint density at radius 3 is 2.57 bits per heavy atom. The average Bonchev–Trinajstić information content (AvgIpc) is 3.02. The maximum atomic E-state index is 13.3. The van der Waals surface area contributed by atoms with Gasteiger partial charge in [0.05, 0.1) is 19.2 Å². The van der Waals surface area contributed by atoms with Crippen LogP contribution in [-0.2, 0) is 30.5 Å². The van der Waals surface area contributed by atoms with Crippen LogP contribution in [-0.4, -0.2) is 60.9 Å². The van der Waals surface area contributed by atoms with Gasteiger partial charge in [-0.2, -0.15) is 0 Å². The number of morpholine rings is 1. The molecule has 2 aliphatic rings. The van der Waals surface area contributed by atoms with E-state index in [9.17, 15) is 19.2 Å². The number of hydrogen-bond acceptors (Lipinski definition) is 6. The normalized spacial score (nSPS) is 18.9. The molecule has 226 valence electrons. The number of benzene rings is 2. The van der Waals surface area contributed by atoms with Crippen molar-refractivity contribution in [3.05, 3.63) is 70.7 Å². The number of alkyl carbamates (subject to hydrolysis) is 1. The van der Waals surface area contributed by atoms with Crippen molar-refractivity contribution in [3.8, 4) is 0 Å². The molecule has 2 fully saturated rings. The minimum atomic E-state index is -0.857. The van der Waals surface area contributed by atoms with Gasteiger partial charge in [-0.1, -0.05) is 86.2 Å². The van der Waals surface area contributed by atoms with Crippen molar-refractivity contribution in [2.45, 2.75) is 76.2 Å². The predicted octanol–water partition coefficient (Wildman–Crippen LogP) is 4.97. The second-order valence-electron chi connectivity index (χ2n) is 11.0. The first-order chi connectivity index (χ1) is 20.4. The van der Waals surface area contributed by atoms with Gasteiger partial charge in [0.15, 0.2) is 0 Å². The molecule has 1 saturated carbocycles. The average molecular weight is 598 g/mol. The van der Waals surface area contributed by atoms with Gasteiger partial charge < -0.3 is 29.8 Å². The van der Waals surface area contributed by atoms with Gasteiger partial charge in [-0.25, -0.2) is 4.79 Å². The summed E-state index contributed by atoms with van der Waals surface area (Å²) in [5, 5.41) is 5.99. The van der Waals surface area contributed by atoms with Crippen molar-refractivity contribution in [2.75, 3.05) is 19.7 Å². The molecule has 10 heteroatoms. The van der Waals surface area contributed by atoms with Gasteiger partial charge >= 0.3 is 6.09 Å². The van der Waals surface area contributed by atoms with Crippen LogP contribution in [0.5, 0.6) is 0 Å². The third-order valence-corrected chi connectivity index (χ3v) is 8.15. The van der Waals surface area contributed by atoms with Gasteiger partial charge in [-0.05, 0) is 42.0 Å². The Kier molecular flexibility index (Phi) is 12.2. The third-order valence-electron chi connectivity index (χ3n) is 7.91. The fourth-order valence-corrected chi connectivity index (χ4v) is 5.80. The molecule has 2 aromatic carbocycles. The van der Waals surface area contributed by atoms with E-state index in [2.05, 4.69) is 10.6 Å². The minimum Gasteiger partial charge on any atom is -0.445 e. The Balaban J connectivity index is 1.30. The van der Waals surface area contributed by atoms with E-state index < -0.39 is 24.1 Å². The number of aldehydes is 1. The Bertz CT molecular complexity index is 1190. The van der Waals surface area contributed by atoms with Gasteiger partial charge in [0.25, 0.3) is 0 Å². The zero-order valence-electron chi connectivity index (χ0n) is 23.8. The summed E-state index contributed by atoms with van der Waals surface area (Å²) in [7, 11) is 0. The van der Waals surface area contributed by atoms with Crippen LogP contribution in [0.3, 0.4) is 0 Å². The highest BCUT2D eigenvalue weighted by atomic mass is 35.5. The van der Waals surface area contributed by atoms with Crippen molar-refractivity contribution in [1.29, 1.82) is 0 Å². The molecule has 2 aromatic rings. The van der Waals surface area contributed by atoms with Gasteiger partial charge in [0, 0.05) is 18.0 Å². The molecule has 3 amide bonds. The second kappa shape index (κ2) is 16.3. The lowest BCUT2D eigenvalue weighted by atomic mass is 9.84. The number of ether oxygens (including phenoxy) is 2. The first-order valence-corrected chi connectivity index (χ1v) is 15.2. The summed E-state index contributed by atoms with van der Waals surface area (Å²) in [6.45, 7) is 1.35. The third kappa shape index (κ3) is 9.84. The van der Waals surface area contributed by atoms with Gasteiger partial charge in [0.1, 0.15) is 25.0 Å². The van der Waals surface area contributed by atoms with E-state index in [-0.39, 0.29) is 37.4 Å². The molecule has 1 saturated heterocycles. The van der Waals surface area contributed by atoms with Gasteiger partial charge in [-0.15, -0.1) is 0 Å².